The number of fused-ring (bicyclic) bond motifs is 1. The van der Waals surface area contributed by atoms with Crippen molar-refractivity contribution < 1.29 is 0 Å². The van der Waals surface area contributed by atoms with Crippen LogP contribution in [-0.4, -0.2) is 4.75 Å². The van der Waals surface area contributed by atoms with Crippen LogP contribution in [0.15, 0.2) is 24.3 Å². The third kappa shape index (κ3) is 1.51. The summed E-state index contributed by atoms with van der Waals surface area (Å²) in [6.07, 6.45) is 1.22. The quantitative estimate of drug-likeness (QED) is 0.587. The summed E-state index contributed by atoms with van der Waals surface area (Å²) in [7, 11) is 0. The molecule has 0 atom stereocenters. The molecular formula is C11H14S. The summed E-state index contributed by atoms with van der Waals surface area (Å²) in [5.41, 5.74) is 3.07. The standard InChI is InChI=1S/C11H14S/c1-11(2)7-9-5-3-4-6-10(9)8-12-11/h3-6H,7-8H2,1-2H3. The van der Waals surface area contributed by atoms with E-state index in [2.05, 4.69) is 49.9 Å². The van der Waals surface area contributed by atoms with Crippen LogP contribution in [0.1, 0.15) is 25.0 Å². The summed E-state index contributed by atoms with van der Waals surface area (Å²) < 4.78 is 0.439. The lowest BCUT2D eigenvalue weighted by Crippen LogP contribution is -2.23. The fourth-order valence-electron chi connectivity index (χ4n) is 1.65. The van der Waals surface area contributed by atoms with Gasteiger partial charge in [0.25, 0.3) is 0 Å². The van der Waals surface area contributed by atoms with Crippen LogP contribution in [0.25, 0.3) is 0 Å². The Balaban J connectivity index is 2.35. The molecule has 1 heteroatoms. The van der Waals surface area contributed by atoms with Gasteiger partial charge in [-0.1, -0.05) is 38.1 Å². The van der Waals surface area contributed by atoms with Crippen molar-refractivity contribution in [2.45, 2.75) is 30.8 Å². The van der Waals surface area contributed by atoms with Crippen molar-refractivity contribution in [2.24, 2.45) is 0 Å². The van der Waals surface area contributed by atoms with Crippen LogP contribution in [0.3, 0.4) is 0 Å². The Labute approximate surface area is 78.4 Å². The van der Waals surface area contributed by atoms with Crippen LogP contribution in [-0.2, 0) is 12.2 Å². The summed E-state index contributed by atoms with van der Waals surface area (Å²) in [4.78, 5) is 0. The molecule has 0 saturated carbocycles. The summed E-state index contributed by atoms with van der Waals surface area (Å²) in [6.45, 7) is 4.65. The highest BCUT2D eigenvalue weighted by atomic mass is 32.2. The fourth-order valence-corrected chi connectivity index (χ4v) is 2.74. The Bertz CT molecular complexity index is 289. The Morgan fingerprint density at radius 1 is 1.17 bits per heavy atom. The molecule has 0 nitrogen and oxygen atoms in total. The predicted octanol–water partition coefficient (Wildman–Crippen LogP) is 3.25. The average Bonchev–Trinajstić information content (AvgIpc) is 2.02. The number of thioether (sulfide) groups is 1. The zero-order valence-electron chi connectivity index (χ0n) is 7.63. The van der Waals surface area contributed by atoms with E-state index in [1.807, 2.05) is 0 Å². The largest absolute Gasteiger partial charge is 0.151 e. The van der Waals surface area contributed by atoms with Crippen LogP contribution >= 0.6 is 11.8 Å². The Kier molecular flexibility index (Phi) is 1.91. The van der Waals surface area contributed by atoms with Crippen LogP contribution in [0.4, 0.5) is 0 Å². The SMILES string of the molecule is CC1(C)Cc2ccccc2CS1. The van der Waals surface area contributed by atoms with Crippen molar-refractivity contribution in [3.8, 4) is 0 Å². The second-order valence-electron chi connectivity index (χ2n) is 3.99. The van der Waals surface area contributed by atoms with Gasteiger partial charge in [0, 0.05) is 10.5 Å². The van der Waals surface area contributed by atoms with Crippen molar-refractivity contribution in [1.82, 2.24) is 0 Å². The van der Waals surface area contributed by atoms with Crippen LogP contribution in [0.2, 0.25) is 0 Å². The second kappa shape index (κ2) is 2.81. The van der Waals surface area contributed by atoms with Gasteiger partial charge >= 0.3 is 0 Å². The van der Waals surface area contributed by atoms with Crippen molar-refractivity contribution in [2.75, 3.05) is 0 Å². The molecule has 0 bridgehead atoms. The molecule has 0 amide bonds. The Hall–Kier alpha value is -0.430. The third-order valence-electron chi connectivity index (χ3n) is 2.35. The zero-order valence-corrected chi connectivity index (χ0v) is 8.45. The molecular weight excluding hydrogens is 164 g/mol. The Morgan fingerprint density at radius 3 is 2.58 bits per heavy atom. The van der Waals surface area contributed by atoms with E-state index in [1.165, 1.54) is 17.7 Å². The molecule has 0 saturated heterocycles. The second-order valence-corrected chi connectivity index (χ2v) is 5.68. The van der Waals surface area contributed by atoms with Crippen LogP contribution < -0.4 is 0 Å². The number of hydrogen-bond donors (Lipinski definition) is 0. The van der Waals surface area contributed by atoms with Crippen molar-refractivity contribution in [1.29, 1.82) is 0 Å². The smallest absolute Gasteiger partial charge is 0.0192 e. The summed E-state index contributed by atoms with van der Waals surface area (Å²) in [6, 6.07) is 8.79. The highest BCUT2D eigenvalue weighted by molar-refractivity contribution is 7.99. The first kappa shape index (κ1) is 8.18. The molecule has 1 aliphatic heterocycles. The highest BCUT2D eigenvalue weighted by Crippen LogP contribution is 2.37. The minimum Gasteiger partial charge on any atom is -0.151 e. The van der Waals surface area contributed by atoms with Gasteiger partial charge in [0.15, 0.2) is 0 Å². The van der Waals surface area contributed by atoms with Crippen molar-refractivity contribution in [3.63, 3.8) is 0 Å². The molecule has 2 rings (SSSR count). The predicted molar refractivity (Wildman–Crippen MR) is 55.5 cm³/mol. The molecule has 0 radical (unpaired) electrons. The first-order valence-electron chi connectivity index (χ1n) is 4.38. The van der Waals surface area contributed by atoms with Gasteiger partial charge in [0.05, 0.1) is 0 Å². The number of rotatable bonds is 0. The lowest BCUT2D eigenvalue weighted by atomic mass is 9.97. The van der Waals surface area contributed by atoms with E-state index in [9.17, 15) is 0 Å². The van der Waals surface area contributed by atoms with Crippen LogP contribution in [0, 0.1) is 0 Å². The van der Waals surface area contributed by atoms with Gasteiger partial charge in [-0.3, -0.25) is 0 Å². The minimum atomic E-state index is 0.439. The van der Waals surface area contributed by atoms with E-state index in [4.69, 9.17) is 0 Å². The minimum absolute atomic E-state index is 0.439. The normalized spacial score (nSPS) is 20.2. The molecule has 0 N–H and O–H groups in total. The van der Waals surface area contributed by atoms with Crippen molar-refractivity contribution in [3.05, 3.63) is 35.4 Å². The third-order valence-corrected chi connectivity index (χ3v) is 3.73. The van der Waals surface area contributed by atoms with E-state index in [1.54, 1.807) is 5.56 Å². The molecule has 1 aromatic carbocycles. The van der Waals surface area contributed by atoms with E-state index in [0.717, 1.165) is 0 Å². The topological polar surface area (TPSA) is 0 Å². The van der Waals surface area contributed by atoms with Gasteiger partial charge in [-0.2, -0.15) is 11.8 Å². The highest BCUT2D eigenvalue weighted by Gasteiger charge is 2.24. The van der Waals surface area contributed by atoms with E-state index in [0.29, 0.717) is 4.75 Å². The lowest BCUT2D eigenvalue weighted by Gasteiger charge is -2.30. The first-order valence-corrected chi connectivity index (χ1v) is 5.37. The van der Waals surface area contributed by atoms with Gasteiger partial charge in [-0.25, -0.2) is 0 Å². The van der Waals surface area contributed by atoms with Gasteiger partial charge < -0.3 is 0 Å². The Morgan fingerprint density at radius 2 is 1.83 bits per heavy atom. The van der Waals surface area contributed by atoms with E-state index in [-0.39, 0.29) is 0 Å². The first-order chi connectivity index (χ1) is 5.67. The van der Waals surface area contributed by atoms with Gasteiger partial charge in [0.2, 0.25) is 0 Å². The van der Waals surface area contributed by atoms with Crippen molar-refractivity contribution >= 4 is 11.8 Å². The van der Waals surface area contributed by atoms with Gasteiger partial charge in [-0.15, -0.1) is 0 Å². The number of hydrogen-bond acceptors (Lipinski definition) is 1. The summed E-state index contributed by atoms with van der Waals surface area (Å²) >= 11 is 2.06. The van der Waals surface area contributed by atoms with Gasteiger partial charge in [0.1, 0.15) is 0 Å². The maximum atomic E-state index is 2.33. The summed E-state index contributed by atoms with van der Waals surface area (Å²) in [5.74, 6) is 1.18. The molecule has 0 aromatic heterocycles. The maximum Gasteiger partial charge on any atom is 0.0192 e. The van der Waals surface area contributed by atoms with E-state index < -0.39 is 0 Å². The molecule has 1 heterocycles. The maximum absolute atomic E-state index is 2.33. The zero-order chi connectivity index (χ0) is 8.60. The molecule has 0 spiro atoms. The van der Waals surface area contributed by atoms with Crippen LogP contribution in [0.5, 0.6) is 0 Å². The fraction of sp³-hybridized carbons (Fsp3) is 0.455. The molecule has 0 aliphatic carbocycles. The monoisotopic (exact) mass is 178 g/mol. The molecule has 12 heavy (non-hydrogen) atoms. The molecule has 1 aliphatic rings. The van der Waals surface area contributed by atoms with E-state index >= 15 is 0 Å². The number of benzene rings is 1. The lowest BCUT2D eigenvalue weighted by molar-refractivity contribution is 0.693. The molecule has 0 unspecified atom stereocenters. The average molecular weight is 178 g/mol. The molecule has 0 fully saturated rings. The molecule has 64 valence electrons. The van der Waals surface area contributed by atoms with Gasteiger partial charge in [-0.05, 0) is 17.5 Å². The molecule has 1 aromatic rings. The summed E-state index contributed by atoms with van der Waals surface area (Å²) in [5, 5.41) is 0.